The van der Waals surface area contributed by atoms with Crippen LogP contribution >= 0.6 is 0 Å². The van der Waals surface area contributed by atoms with E-state index in [0.29, 0.717) is 6.10 Å². The van der Waals surface area contributed by atoms with Gasteiger partial charge in [0, 0.05) is 25.2 Å². The van der Waals surface area contributed by atoms with Gasteiger partial charge in [0.15, 0.2) is 0 Å². The smallest absolute Gasteiger partial charge is 0.0702 e. The Bertz CT molecular complexity index is 245. The summed E-state index contributed by atoms with van der Waals surface area (Å²) in [5, 5.41) is 0. The highest BCUT2D eigenvalue weighted by atomic mass is 16.5. The van der Waals surface area contributed by atoms with E-state index in [1.807, 2.05) is 0 Å². The van der Waals surface area contributed by atoms with E-state index in [9.17, 15) is 0 Å². The van der Waals surface area contributed by atoms with E-state index in [2.05, 4.69) is 39.5 Å². The molecule has 2 N–H and O–H groups in total. The Morgan fingerprint density at radius 3 is 2.50 bits per heavy atom. The lowest BCUT2D eigenvalue weighted by Crippen LogP contribution is -2.54. The van der Waals surface area contributed by atoms with Crippen LogP contribution < -0.4 is 5.73 Å². The molecule has 0 aromatic heterocycles. The van der Waals surface area contributed by atoms with Crippen molar-refractivity contribution in [3.8, 4) is 0 Å². The minimum absolute atomic E-state index is 0.125. The summed E-state index contributed by atoms with van der Waals surface area (Å²) < 4.78 is 5.89. The minimum atomic E-state index is -0.149. The Morgan fingerprint density at radius 2 is 1.94 bits per heavy atom. The van der Waals surface area contributed by atoms with Crippen LogP contribution in [-0.2, 0) is 4.74 Å². The average Bonchev–Trinajstić information content (AvgIpc) is 2.24. The second-order valence-corrected chi connectivity index (χ2v) is 6.98. The van der Waals surface area contributed by atoms with Gasteiger partial charge >= 0.3 is 0 Å². The first-order valence-corrected chi connectivity index (χ1v) is 7.39. The van der Waals surface area contributed by atoms with Gasteiger partial charge in [-0.15, -0.1) is 0 Å². The van der Waals surface area contributed by atoms with Gasteiger partial charge in [-0.1, -0.05) is 20.8 Å². The molecular formula is C15H32N2O. The maximum absolute atomic E-state index is 6.29. The predicted molar refractivity (Wildman–Crippen MR) is 77.8 cm³/mol. The van der Waals surface area contributed by atoms with Crippen LogP contribution in [0, 0.1) is 5.41 Å². The van der Waals surface area contributed by atoms with Gasteiger partial charge in [-0.2, -0.15) is 0 Å². The molecule has 0 radical (unpaired) electrons. The molecule has 0 aromatic carbocycles. The average molecular weight is 256 g/mol. The van der Waals surface area contributed by atoms with Gasteiger partial charge < -0.3 is 15.4 Å². The molecule has 0 spiro atoms. The molecule has 1 fully saturated rings. The van der Waals surface area contributed by atoms with Crippen molar-refractivity contribution in [3.63, 3.8) is 0 Å². The molecule has 0 bridgehead atoms. The molecule has 1 heterocycles. The van der Waals surface area contributed by atoms with Gasteiger partial charge in [-0.05, 0) is 45.1 Å². The second-order valence-electron chi connectivity index (χ2n) is 6.98. The highest BCUT2D eigenvalue weighted by Gasteiger charge is 2.36. The van der Waals surface area contributed by atoms with E-state index < -0.39 is 0 Å². The summed E-state index contributed by atoms with van der Waals surface area (Å²) in [7, 11) is 0. The van der Waals surface area contributed by atoms with E-state index in [0.717, 1.165) is 26.1 Å². The molecule has 3 heteroatoms. The summed E-state index contributed by atoms with van der Waals surface area (Å²) in [5.74, 6) is 0. The summed E-state index contributed by atoms with van der Waals surface area (Å²) in [5.41, 5.74) is 6.26. The highest BCUT2D eigenvalue weighted by molar-refractivity contribution is 4.93. The number of hydrogen-bond donors (Lipinski definition) is 1. The number of nitrogens with zero attached hydrogens (tertiary/aromatic N) is 1. The predicted octanol–water partition coefficient (Wildman–Crippen LogP) is 2.64. The molecule has 1 saturated heterocycles. The van der Waals surface area contributed by atoms with Crippen molar-refractivity contribution in [1.82, 2.24) is 4.90 Å². The lowest BCUT2D eigenvalue weighted by atomic mass is 9.74. The Labute approximate surface area is 113 Å². The molecule has 108 valence electrons. The van der Waals surface area contributed by atoms with Crippen molar-refractivity contribution in [2.45, 2.75) is 65.5 Å². The van der Waals surface area contributed by atoms with Crippen LogP contribution in [0.3, 0.4) is 0 Å². The molecule has 18 heavy (non-hydrogen) atoms. The molecule has 0 aromatic rings. The number of likely N-dealkylation sites (tertiary alicyclic amines) is 1. The van der Waals surface area contributed by atoms with Gasteiger partial charge in [-0.3, -0.25) is 0 Å². The van der Waals surface area contributed by atoms with Crippen LogP contribution in [0.4, 0.5) is 0 Å². The summed E-state index contributed by atoms with van der Waals surface area (Å²) in [6, 6.07) is 0. The first-order chi connectivity index (χ1) is 8.26. The van der Waals surface area contributed by atoms with Crippen molar-refractivity contribution in [1.29, 1.82) is 0 Å². The first kappa shape index (κ1) is 15.9. The fourth-order valence-corrected chi connectivity index (χ4v) is 2.34. The van der Waals surface area contributed by atoms with E-state index in [-0.39, 0.29) is 11.0 Å². The van der Waals surface area contributed by atoms with Gasteiger partial charge in [0.25, 0.3) is 0 Å². The van der Waals surface area contributed by atoms with E-state index in [4.69, 9.17) is 10.5 Å². The van der Waals surface area contributed by atoms with Crippen LogP contribution in [-0.4, -0.2) is 42.8 Å². The lowest BCUT2D eigenvalue weighted by molar-refractivity contribution is -0.0150. The van der Waals surface area contributed by atoms with Crippen molar-refractivity contribution in [3.05, 3.63) is 0 Å². The largest absolute Gasteiger partial charge is 0.377 e. The topological polar surface area (TPSA) is 38.5 Å². The molecule has 1 rings (SSSR count). The van der Waals surface area contributed by atoms with Gasteiger partial charge in [0.1, 0.15) is 0 Å². The molecule has 0 saturated carbocycles. The third-order valence-electron chi connectivity index (χ3n) is 4.38. The molecular weight excluding hydrogens is 224 g/mol. The number of hydrogen-bond acceptors (Lipinski definition) is 3. The maximum atomic E-state index is 6.29. The second kappa shape index (κ2) is 6.36. The van der Waals surface area contributed by atoms with Crippen molar-refractivity contribution in [2.24, 2.45) is 11.1 Å². The van der Waals surface area contributed by atoms with Crippen LogP contribution in [0.2, 0.25) is 0 Å². The summed E-state index contributed by atoms with van der Waals surface area (Å²) in [6.45, 7) is 15.2. The Hall–Kier alpha value is -0.120. The summed E-state index contributed by atoms with van der Waals surface area (Å²) >= 11 is 0. The highest BCUT2D eigenvalue weighted by Crippen LogP contribution is 2.30. The third kappa shape index (κ3) is 4.52. The fourth-order valence-electron chi connectivity index (χ4n) is 2.34. The van der Waals surface area contributed by atoms with Crippen molar-refractivity contribution < 1.29 is 4.74 Å². The normalized spacial score (nSPS) is 23.3. The van der Waals surface area contributed by atoms with E-state index in [1.54, 1.807) is 0 Å². The number of ether oxygens (including phenoxy) is 1. The Morgan fingerprint density at radius 1 is 1.28 bits per heavy atom. The Balaban J connectivity index is 2.47. The molecule has 0 amide bonds. The van der Waals surface area contributed by atoms with Gasteiger partial charge in [0.2, 0.25) is 0 Å². The monoisotopic (exact) mass is 256 g/mol. The molecule has 1 aliphatic heterocycles. The van der Waals surface area contributed by atoms with Crippen LogP contribution in [0.5, 0.6) is 0 Å². The number of rotatable bonds is 6. The van der Waals surface area contributed by atoms with Crippen LogP contribution in [0.15, 0.2) is 0 Å². The molecule has 3 nitrogen and oxygen atoms in total. The van der Waals surface area contributed by atoms with Crippen LogP contribution in [0.1, 0.15) is 53.9 Å². The van der Waals surface area contributed by atoms with Crippen molar-refractivity contribution >= 4 is 0 Å². The standard InChI is InChI=1S/C15H32N2O/c1-6-10-18-13-8-7-9-17(11-13)12-14(2,3)15(4,5)16/h13H,6-12,16H2,1-5H3. The quantitative estimate of drug-likeness (QED) is 0.794. The van der Waals surface area contributed by atoms with Gasteiger partial charge in [0.05, 0.1) is 6.10 Å². The van der Waals surface area contributed by atoms with E-state index in [1.165, 1.54) is 19.4 Å². The fraction of sp³-hybridized carbons (Fsp3) is 1.00. The zero-order chi connectivity index (χ0) is 13.8. The molecule has 1 unspecified atom stereocenters. The third-order valence-corrected chi connectivity index (χ3v) is 4.38. The van der Waals surface area contributed by atoms with E-state index >= 15 is 0 Å². The van der Waals surface area contributed by atoms with Gasteiger partial charge in [-0.25, -0.2) is 0 Å². The minimum Gasteiger partial charge on any atom is -0.377 e. The first-order valence-electron chi connectivity index (χ1n) is 7.39. The molecule has 1 aliphatic rings. The zero-order valence-corrected chi connectivity index (χ0v) is 13.0. The molecule has 1 atom stereocenters. The Kier molecular flexibility index (Phi) is 5.63. The van der Waals surface area contributed by atoms with Crippen molar-refractivity contribution in [2.75, 3.05) is 26.2 Å². The summed E-state index contributed by atoms with van der Waals surface area (Å²) in [6.07, 6.45) is 3.99. The molecule has 0 aliphatic carbocycles. The number of piperidine rings is 1. The number of nitrogens with two attached hydrogens (primary N) is 1. The maximum Gasteiger partial charge on any atom is 0.0702 e. The van der Waals surface area contributed by atoms with Crippen LogP contribution in [0.25, 0.3) is 0 Å². The SMILES string of the molecule is CCCOC1CCCN(CC(C)(C)C(C)(C)N)C1. The zero-order valence-electron chi connectivity index (χ0n) is 13.0. The lowest BCUT2D eigenvalue weighted by Gasteiger charge is -2.44. The summed E-state index contributed by atoms with van der Waals surface area (Å²) in [4.78, 5) is 2.53.